The lowest BCUT2D eigenvalue weighted by atomic mass is 10.1. The van der Waals surface area contributed by atoms with Crippen molar-refractivity contribution in [2.45, 2.75) is 0 Å². The molecule has 3 aromatic rings. The lowest BCUT2D eigenvalue weighted by Crippen LogP contribution is -1.91. The van der Waals surface area contributed by atoms with Crippen molar-refractivity contribution < 1.29 is 9.47 Å². The number of halogens is 1. The topological polar surface area (TPSA) is 43.4 Å². The van der Waals surface area contributed by atoms with E-state index in [-0.39, 0.29) is 0 Å². The first-order valence-corrected chi connectivity index (χ1v) is 8.86. The van der Waals surface area contributed by atoms with Crippen LogP contribution in [-0.2, 0) is 0 Å². The van der Waals surface area contributed by atoms with Gasteiger partial charge in [0, 0.05) is 20.2 Å². The molecular weight excluding hydrogens is 423 g/mol. The van der Waals surface area contributed by atoms with Crippen LogP contribution in [0.25, 0.3) is 11.3 Å². The Balaban J connectivity index is 1.82. The third kappa shape index (κ3) is 3.76. The summed E-state index contributed by atoms with van der Waals surface area (Å²) in [5.74, 6) is 1.41. The highest BCUT2D eigenvalue weighted by atomic mass is 127. The van der Waals surface area contributed by atoms with Gasteiger partial charge in [0.2, 0.25) is 0 Å². The van der Waals surface area contributed by atoms with Crippen LogP contribution in [0.2, 0.25) is 0 Å². The number of thiazole rings is 1. The molecule has 0 fully saturated rings. The van der Waals surface area contributed by atoms with Gasteiger partial charge in [0.05, 0.1) is 19.9 Å². The number of nitrogens with zero attached hydrogens (tertiary/aromatic N) is 1. The van der Waals surface area contributed by atoms with Crippen LogP contribution in [-0.4, -0.2) is 19.2 Å². The van der Waals surface area contributed by atoms with Gasteiger partial charge in [-0.3, -0.25) is 0 Å². The highest BCUT2D eigenvalue weighted by molar-refractivity contribution is 14.1. The predicted octanol–water partition coefficient (Wildman–Crippen LogP) is 5.18. The second kappa shape index (κ2) is 7.18. The molecule has 0 radical (unpaired) electrons. The fourth-order valence-electron chi connectivity index (χ4n) is 2.12. The number of benzene rings is 2. The van der Waals surface area contributed by atoms with E-state index in [1.807, 2.05) is 35.7 Å². The number of hydrogen-bond acceptors (Lipinski definition) is 5. The Bertz CT molecular complexity index is 803. The third-order valence-electron chi connectivity index (χ3n) is 3.28. The van der Waals surface area contributed by atoms with Crippen LogP contribution < -0.4 is 14.8 Å². The molecular formula is C17H15IN2O2S. The summed E-state index contributed by atoms with van der Waals surface area (Å²) < 4.78 is 11.8. The number of hydrogen-bond donors (Lipinski definition) is 1. The molecule has 6 heteroatoms. The zero-order valence-corrected chi connectivity index (χ0v) is 15.6. The van der Waals surface area contributed by atoms with Gasteiger partial charge in [0.25, 0.3) is 0 Å². The molecule has 4 nitrogen and oxygen atoms in total. The van der Waals surface area contributed by atoms with E-state index in [0.29, 0.717) is 11.5 Å². The maximum atomic E-state index is 5.35. The maximum Gasteiger partial charge on any atom is 0.187 e. The average molecular weight is 438 g/mol. The highest BCUT2D eigenvalue weighted by Gasteiger charge is 2.09. The summed E-state index contributed by atoms with van der Waals surface area (Å²) in [5, 5.41) is 6.20. The molecule has 118 valence electrons. The molecule has 3 rings (SSSR count). The van der Waals surface area contributed by atoms with Gasteiger partial charge in [0.15, 0.2) is 16.6 Å². The minimum absolute atomic E-state index is 0.699. The Morgan fingerprint density at radius 3 is 2.43 bits per heavy atom. The molecule has 0 aliphatic carbocycles. The summed E-state index contributed by atoms with van der Waals surface area (Å²) in [6, 6.07) is 14.0. The molecule has 0 spiro atoms. The first-order valence-electron chi connectivity index (χ1n) is 6.90. The Hall–Kier alpha value is -1.80. The number of rotatable bonds is 5. The van der Waals surface area contributed by atoms with E-state index in [0.717, 1.165) is 22.1 Å². The summed E-state index contributed by atoms with van der Waals surface area (Å²) in [5.41, 5.74) is 2.93. The van der Waals surface area contributed by atoms with Crippen molar-refractivity contribution in [1.29, 1.82) is 0 Å². The SMILES string of the molecule is COc1ccc(-c2csc(Nc3ccc(I)cc3)n2)cc1OC. The molecule has 0 aliphatic rings. The molecule has 2 aromatic carbocycles. The minimum Gasteiger partial charge on any atom is -0.493 e. The van der Waals surface area contributed by atoms with Crippen molar-refractivity contribution >= 4 is 44.7 Å². The van der Waals surface area contributed by atoms with Crippen molar-refractivity contribution in [1.82, 2.24) is 4.98 Å². The second-order valence-corrected chi connectivity index (χ2v) is 6.84. The van der Waals surface area contributed by atoms with Gasteiger partial charge in [0.1, 0.15) is 0 Å². The Labute approximate surface area is 152 Å². The monoisotopic (exact) mass is 438 g/mol. The summed E-state index contributed by atoms with van der Waals surface area (Å²) in [7, 11) is 3.26. The van der Waals surface area contributed by atoms with Gasteiger partial charge in [-0.1, -0.05) is 0 Å². The molecule has 0 bridgehead atoms. The van der Waals surface area contributed by atoms with Crippen molar-refractivity contribution in [2.24, 2.45) is 0 Å². The average Bonchev–Trinajstić information content (AvgIpc) is 3.05. The van der Waals surface area contributed by atoms with Crippen LogP contribution in [0.15, 0.2) is 47.8 Å². The van der Waals surface area contributed by atoms with Gasteiger partial charge in [-0.05, 0) is 65.1 Å². The lowest BCUT2D eigenvalue weighted by Gasteiger charge is -2.08. The fraction of sp³-hybridized carbons (Fsp3) is 0.118. The molecule has 1 aromatic heterocycles. The van der Waals surface area contributed by atoms with Gasteiger partial charge in [-0.2, -0.15) is 0 Å². The van der Waals surface area contributed by atoms with E-state index in [2.05, 4.69) is 45.0 Å². The smallest absolute Gasteiger partial charge is 0.187 e. The first-order chi connectivity index (χ1) is 11.2. The molecule has 0 amide bonds. The summed E-state index contributed by atoms with van der Waals surface area (Å²) in [4.78, 5) is 4.64. The highest BCUT2D eigenvalue weighted by Crippen LogP contribution is 2.34. The molecule has 0 saturated heterocycles. The van der Waals surface area contributed by atoms with Crippen molar-refractivity contribution in [3.63, 3.8) is 0 Å². The normalized spacial score (nSPS) is 10.4. The van der Waals surface area contributed by atoms with Crippen LogP contribution in [0, 0.1) is 3.57 Å². The van der Waals surface area contributed by atoms with Crippen molar-refractivity contribution in [2.75, 3.05) is 19.5 Å². The number of anilines is 2. The lowest BCUT2D eigenvalue weighted by molar-refractivity contribution is 0.355. The number of nitrogens with one attached hydrogen (secondary N) is 1. The van der Waals surface area contributed by atoms with E-state index in [1.54, 1.807) is 25.6 Å². The zero-order chi connectivity index (χ0) is 16.2. The van der Waals surface area contributed by atoms with Gasteiger partial charge < -0.3 is 14.8 Å². The third-order valence-corrected chi connectivity index (χ3v) is 4.76. The van der Waals surface area contributed by atoms with Crippen molar-refractivity contribution in [3.05, 3.63) is 51.4 Å². The van der Waals surface area contributed by atoms with E-state index < -0.39 is 0 Å². The standard InChI is InChI=1S/C17H15IN2O2S/c1-21-15-8-3-11(9-16(15)22-2)14-10-23-17(20-14)19-13-6-4-12(18)5-7-13/h3-10H,1-2H3,(H,19,20). The van der Waals surface area contributed by atoms with E-state index in [1.165, 1.54) is 3.57 Å². The molecule has 0 atom stereocenters. The van der Waals surface area contributed by atoms with Crippen LogP contribution in [0.3, 0.4) is 0 Å². The zero-order valence-electron chi connectivity index (χ0n) is 12.7. The van der Waals surface area contributed by atoms with Gasteiger partial charge in [-0.15, -0.1) is 11.3 Å². The van der Waals surface area contributed by atoms with E-state index >= 15 is 0 Å². The Morgan fingerprint density at radius 2 is 1.74 bits per heavy atom. The van der Waals surface area contributed by atoms with E-state index in [4.69, 9.17) is 9.47 Å². The molecule has 1 N–H and O–H groups in total. The van der Waals surface area contributed by atoms with Crippen LogP contribution in [0.1, 0.15) is 0 Å². The number of aromatic nitrogens is 1. The molecule has 23 heavy (non-hydrogen) atoms. The summed E-state index contributed by atoms with van der Waals surface area (Å²) in [6.07, 6.45) is 0. The van der Waals surface area contributed by atoms with Crippen molar-refractivity contribution in [3.8, 4) is 22.8 Å². The van der Waals surface area contributed by atoms with E-state index in [9.17, 15) is 0 Å². The molecule has 0 aliphatic heterocycles. The fourth-order valence-corrected chi connectivity index (χ4v) is 3.22. The summed E-state index contributed by atoms with van der Waals surface area (Å²) in [6.45, 7) is 0. The minimum atomic E-state index is 0.699. The summed E-state index contributed by atoms with van der Waals surface area (Å²) >= 11 is 3.86. The number of ether oxygens (including phenoxy) is 2. The Kier molecular flexibility index (Phi) is 5.02. The van der Waals surface area contributed by atoms with Crippen LogP contribution in [0.5, 0.6) is 11.5 Å². The van der Waals surface area contributed by atoms with Crippen LogP contribution >= 0.6 is 33.9 Å². The molecule has 0 unspecified atom stereocenters. The number of methoxy groups -OCH3 is 2. The quantitative estimate of drug-likeness (QED) is 0.558. The molecule has 0 saturated carbocycles. The van der Waals surface area contributed by atoms with Gasteiger partial charge >= 0.3 is 0 Å². The second-order valence-electron chi connectivity index (χ2n) is 4.74. The predicted molar refractivity (Wildman–Crippen MR) is 103 cm³/mol. The largest absolute Gasteiger partial charge is 0.493 e. The maximum absolute atomic E-state index is 5.35. The first kappa shape index (κ1) is 16.1. The van der Waals surface area contributed by atoms with Crippen LogP contribution in [0.4, 0.5) is 10.8 Å². The molecule has 1 heterocycles. The van der Waals surface area contributed by atoms with Gasteiger partial charge in [-0.25, -0.2) is 4.98 Å². The Morgan fingerprint density at radius 1 is 1.00 bits per heavy atom.